The molecule has 0 spiro atoms. The van der Waals surface area contributed by atoms with Gasteiger partial charge < -0.3 is 10.1 Å². The van der Waals surface area contributed by atoms with Crippen molar-refractivity contribution in [1.82, 2.24) is 20.3 Å². The average Bonchev–Trinajstić information content (AvgIpc) is 2.88. The monoisotopic (exact) mass is 280 g/mol. The highest BCUT2D eigenvalue weighted by Crippen LogP contribution is 2.30. The lowest BCUT2D eigenvalue weighted by molar-refractivity contribution is -0.00184. The van der Waals surface area contributed by atoms with Crippen LogP contribution in [0.1, 0.15) is 45.7 Å². The maximum absolute atomic E-state index is 5.99. The van der Waals surface area contributed by atoms with E-state index in [0.717, 1.165) is 43.8 Å². The smallest absolute Gasteiger partial charge is 0.0964 e. The summed E-state index contributed by atoms with van der Waals surface area (Å²) in [5.74, 6) is 1.63. The van der Waals surface area contributed by atoms with E-state index in [1.807, 2.05) is 10.9 Å². The van der Waals surface area contributed by atoms with Gasteiger partial charge in [0.05, 0.1) is 24.9 Å². The zero-order valence-electron chi connectivity index (χ0n) is 13.0. The molecule has 1 heterocycles. The van der Waals surface area contributed by atoms with Crippen LogP contribution in [0.25, 0.3) is 0 Å². The fourth-order valence-corrected chi connectivity index (χ4v) is 2.74. The van der Waals surface area contributed by atoms with E-state index in [4.69, 9.17) is 4.74 Å². The van der Waals surface area contributed by atoms with E-state index in [2.05, 4.69) is 36.4 Å². The Hall–Kier alpha value is -0.940. The number of nitrogens with zero attached hydrogens (tertiary/aromatic N) is 3. The normalized spacial score (nSPS) is 26.9. The minimum absolute atomic E-state index is 0.436. The van der Waals surface area contributed by atoms with Crippen molar-refractivity contribution in [2.45, 2.75) is 59.2 Å². The van der Waals surface area contributed by atoms with Crippen LogP contribution in [0.2, 0.25) is 0 Å². The summed E-state index contributed by atoms with van der Waals surface area (Å²) in [7, 11) is 0. The second-order valence-corrected chi connectivity index (χ2v) is 6.01. The van der Waals surface area contributed by atoms with E-state index in [1.165, 1.54) is 19.3 Å². The summed E-state index contributed by atoms with van der Waals surface area (Å²) >= 11 is 0. The lowest BCUT2D eigenvalue weighted by Gasteiger charge is -2.31. The van der Waals surface area contributed by atoms with Gasteiger partial charge in [0.2, 0.25) is 0 Å². The Labute approximate surface area is 122 Å². The summed E-state index contributed by atoms with van der Waals surface area (Å²) in [6.45, 7) is 10.0. The van der Waals surface area contributed by atoms with Crippen molar-refractivity contribution in [2.75, 3.05) is 13.2 Å². The Balaban J connectivity index is 1.66. The third-order valence-electron chi connectivity index (χ3n) is 4.37. The molecule has 20 heavy (non-hydrogen) atoms. The molecule has 0 radical (unpaired) electrons. The number of hydrogen-bond donors (Lipinski definition) is 1. The van der Waals surface area contributed by atoms with Crippen LogP contribution in [-0.4, -0.2) is 34.2 Å². The molecular formula is C15H28N4O. The predicted molar refractivity (Wildman–Crippen MR) is 79.3 cm³/mol. The van der Waals surface area contributed by atoms with Gasteiger partial charge in [0.15, 0.2) is 0 Å². The molecule has 0 saturated heterocycles. The number of rotatable bonds is 7. The summed E-state index contributed by atoms with van der Waals surface area (Å²) in [6, 6.07) is 0. The van der Waals surface area contributed by atoms with E-state index < -0.39 is 0 Å². The number of aromatic nitrogens is 3. The third-order valence-corrected chi connectivity index (χ3v) is 4.37. The molecule has 1 aromatic rings. The SMILES string of the molecule is CCNCc1cn(CCOC2CCC(C)C(C)C2)nn1. The van der Waals surface area contributed by atoms with Crippen LogP contribution in [0.4, 0.5) is 0 Å². The van der Waals surface area contributed by atoms with Crippen molar-refractivity contribution in [3.63, 3.8) is 0 Å². The molecule has 1 aromatic heterocycles. The fourth-order valence-electron chi connectivity index (χ4n) is 2.74. The summed E-state index contributed by atoms with van der Waals surface area (Å²) in [5.41, 5.74) is 0.993. The Morgan fingerprint density at radius 1 is 1.35 bits per heavy atom. The fraction of sp³-hybridized carbons (Fsp3) is 0.867. The second kappa shape index (κ2) is 7.74. The Morgan fingerprint density at radius 3 is 2.95 bits per heavy atom. The molecule has 0 bridgehead atoms. The summed E-state index contributed by atoms with van der Waals surface area (Å²) in [5, 5.41) is 11.5. The zero-order chi connectivity index (χ0) is 14.4. The quantitative estimate of drug-likeness (QED) is 0.832. The van der Waals surface area contributed by atoms with Gasteiger partial charge in [-0.2, -0.15) is 0 Å². The molecule has 114 valence electrons. The number of ether oxygens (including phenoxy) is 1. The highest BCUT2D eigenvalue weighted by Gasteiger charge is 2.24. The Kier molecular flexibility index (Phi) is 5.98. The van der Waals surface area contributed by atoms with Crippen molar-refractivity contribution >= 4 is 0 Å². The first kappa shape index (κ1) is 15.4. The maximum Gasteiger partial charge on any atom is 0.0964 e. The van der Waals surface area contributed by atoms with Gasteiger partial charge in [0.1, 0.15) is 0 Å². The Bertz CT molecular complexity index is 393. The molecule has 1 saturated carbocycles. The largest absolute Gasteiger partial charge is 0.376 e. The van der Waals surface area contributed by atoms with Crippen molar-refractivity contribution in [1.29, 1.82) is 0 Å². The van der Waals surface area contributed by atoms with Crippen molar-refractivity contribution in [3.05, 3.63) is 11.9 Å². The van der Waals surface area contributed by atoms with Crippen LogP contribution in [0.3, 0.4) is 0 Å². The van der Waals surface area contributed by atoms with Crippen LogP contribution < -0.4 is 5.32 Å². The van der Waals surface area contributed by atoms with E-state index in [9.17, 15) is 0 Å². The van der Waals surface area contributed by atoms with Crippen LogP contribution in [0.15, 0.2) is 6.20 Å². The van der Waals surface area contributed by atoms with Crippen molar-refractivity contribution in [3.8, 4) is 0 Å². The molecule has 1 fully saturated rings. The Morgan fingerprint density at radius 2 is 2.20 bits per heavy atom. The van der Waals surface area contributed by atoms with Crippen molar-refractivity contribution < 1.29 is 4.74 Å². The highest BCUT2D eigenvalue weighted by atomic mass is 16.5. The highest BCUT2D eigenvalue weighted by molar-refractivity contribution is 4.91. The van der Waals surface area contributed by atoms with Crippen LogP contribution in [-0.2, 0) is 17.8 Å². The molecule has 0 aliphatic heterocycles. The molecule has 0 aromatic carbocycles. The first-order valence-electron chi connectivity index (χ1n) is 7.90. The number of nitrogens with one attached hydrogen (secondary N) is 1. The molecule has 5 nitrogen and oxygen atoms in total. The standard InChI is InChI=1S/C15H28N4O/c1-4-16-10-14-11-19(18-17-14)7-8-20-15-6-5-12(2)13(3)9-15/h11-13,15-16H,4-10H2,1-3H3. The molecule has 3 atom stereocenters. The first-order valence-corrected chi connectivity index (χ1v) is 7.90. The molecular weight excluding hydrogens is 252 g/mol. The van der Waals surface area contributed by atoms with E-state index >= 15 is 0 Å². The van der Waals surface area contributed by atoms with Gasteiger partial charge in [0, 0.05) is 12.7 Å². The third kappa shape index (κ3) is 4.56. The lowest BCUT2D eigenvalue weighted by Crippen LogP contribution is -2.27. The summed E-state index contributed by atoms with van der Waals surface area (Å²) in [4.78, 5) is 0. The zero-order valence-corrected chi connectivity index (χ0v) is 13.0. The summed E-state index contributed by atoms with van der Waals surface area (Å²) < 4.78 is 7.87. The molecule has 2 rings (SSSR count). The predicted octanol–water partition coefficient (Wildman–Crippen LogP) is 2.23. The topological polar surface area (TPSA) is 52.0 Å². The molecule has 1 N–H and O–H groups in total. The van der Waals surface area contributed by atoms with Gasteiger partial charge in [0.25, 0.3) is 0 Å². The first-order chi connectivity index (χ1) is 9.69. The van der Waals surface area contributed by atoms with Crippen LogP contribution >= 0.6 is 0 Å². The van der Waals surface area contributed by atoms with Crippen LogP contribution in [0, 0.1) is 11.8 Å². The van der Waals surface area contributed by atoms with Gasteiger partial charge >= 0.3 is 0 Å². The van der Waals surface area contributed by atoms with E-state index in [1.54, 1.807) is 0 Å². The number of hydrogen-bond acceptors (Lipinski definition) is 4. The summed E-state index contributed by atoms with van der Waals surface area (Å²) in [6.07, 6.45) is 6.13. The van der Waals surface area contributed by atoms with Gasteiger partial charge in [-0.05, 0) is 37.6 Å². The molecule has 0 amide bonds. The van der Waals surface area contributed by atoms with Crippen LogP contribution in [0.5, 0.6) is 0 Å². The second-order valence-electron chi connectivity index (χ2n) is 6.01. The van der Waals surface area contributed by atoms with E-state index in [-0.39, 0.29) is 0 Å². The van der Waals surface area contributed by atoms with Gasteiger partial charge in [-0.1, -0.05) is 26.0 Å². The average molecular weight is 280 g/mol. The van der Waals surface area contributed by atoms with Gasteiger partial charge in [-0.25, -0.2) is 4.68 Å². The molecule has 5 heteroatoms. The molecule has 1 aliphatic carbocycles. The minimum atomic E-state index is 0.436. The van der Waals surface area contributed by atoms with Crippen molar-refractivity contribution in [2.24, 2.45) is 11.8 Å². The molecule has 1 aliphatic rings. The van der Waals surface area contributed by atoms with Gasteiger partial charge in [-0.3, -0.25) is 0 Å². The maximum atomic E-state index is 5.99. The lowest BCUT2D eigenvalue weighted by atomic mass is 9.80. The minimum Gasteiger partial charge on any atom is -0.376 e. The molecule has 3 unspecified atom stereocenters. The van der Waals surface area contributed by atoms with Gasteiger partial charge in [-0.15, -0.1) is 5.10 Å². The van der Waals surface area contributed by atoms with E-state index in [0.29, 0.717) is 6.10 Å².